The fraction of sp³-hybridized carbons (Fsp3) is 0.214. The van der Waals surface area contributed by atoms with Crippen molar-refractivity contribution in [2.75, 3.05) is 28.2 Å². The van der Waals surface area contributed by atoms with E-state index in [1.807, 2.05) is 149 Å². The molecule has 0 heterocycles. The zero-order chi connectivity index (χ0) is 46.9. The minimum atomic E-state index is -0.999. The maximum Gasteiger partial charge on any atom is 0.410 e. The van der Waals surface area contributed by atoms with Gasteiger partial charge in [0.15, 0.2) is 0 Å². The lowest BCUT2D eigenvalue weighted by Crippen LogP contribution is -2.34. The van der Waals surface area contributed by atoms with Crippen LogP contribution in [0.3, 0.4) is 0 Å². The van der Waals surface area contributed by atoms with Gasteiger partial charge in [0.05, 0.1) is 0 Å². The smallest absolute Gasteiger partial charge is 0.410 e. The van der Waals surface area contributed by atoms with Gasteiger partial charge in [0.1, 0.15) is 5.60 Å². The zero-order valence-electron chi connectivity index (χ0n) is 38.5. The predicted molar refractivity (Wildman–Crippen MR) is 264 cm³/mol. The number of hydrogen-bond donors (Lipinski definition) is 1. The molecule has 4 amide bonds. The number of rotatable bonds is 11. The SMILES string of the molecule is CN(Cc1c2ccccc2c(CN(C)C(=O)c2ccc(-c3ccc(C(=O)N(C)Cc4c5ccccc5c(CN(C)C(=O)OC(C)(C)C)c5ccccc45)cc3)cc2)c2ccccc12)C(=O)O. The molecular formula is C56H54N4O6. The normalized spacial score (nSPS) is 11.5. The molecule has 8 aromatic carbocycles. The van der Waals surface area contributed by atoms with E-state index in [0.29, 0.717) is 30.8 Å². The minimum Gasteiger partial charge on any atom is -0.465 e. The Balaban J connectivity index is 0.982. The molecule has 0 bridgehead atoms. The van der Waals surface area contributed by atoms with Gasteiger partial charge in [-0.3, -0.25) is 9.59 Å². The van der Waals surface area contributed by atoms with E-state index in [0.717, 1.165) is 76.5 Å². The Bertz CT molecular complexity index is 3040. The highest BCUT2D eigenvalue weighted by molar-refractivity contribution is 6.08. The van der Waals surface area contributed by atoms with Crippen molar-refractivity contribution in [3.8, 4) is 11.1 Å². The average molecular weight is 879 g/mol. The Hall–Kier alpha value is -7.72. The first-order valence-corrected chi connectivity index (χ1v) is 22.0. The van der Waals surface area contributed by atoms with Gasteiger partial charge in [-0.2, -0.15) is 0 Å². The molecule has 0 aliphatic heterocycles. The highest BCUT2D eigenvalue weighted by Crippen LogP contribution is 2.37. The van der Waals surface area contributed by atoms with Crippen molar-refractivity contribution in [1.29, 1.82) is 0 Å². The van der Waals surface area contributed by atoms with Crippen molar-refractivity contribution < 1.29 is 29.0 Å². The van der Waals surface area contributed by atoms with Crippen LogP contribution in [0, 0.1) is 0 Å². The molecule has 8 aromatic rings. The van der Waals surface area contributed by atoms with Crippen molar-refractivity contribution in [3.05, 3.63) is 179 Å². The molecule has 0 saturated carbocycles. The van der Waals surface area contributed by atoms with Crippen LogP contribution in [0.5, 0.6) is 0 Å². The Morgan fingerprint density at radius 2 is 0.667 bits per heavy atom. The number of ether oxygens (including phenoxy) is 1. The van der Waals surface area contributed by atoms with Crippen molar-refractivity contribution >= 4 is 67.1 Å². The van der Waals surface area contributed by atoms with Gasteiger partial charge in [-0.25, -0.2) is 9.59 Å². The summed E-state index contributed by atoms with van der Waals surface area (Å²) < 4.78 is 5.66. The number of hydrogen-bond acceptors (Lipinski definition) is 5. The van der Waals surface area contributed by atoms with Crippen molar-refractivity contribution in [3.63, 3.8) is 0 Å². The molecule has 0 saturated heterocycles. The van der Waals surface area contributed by atoms with Crippen LogP contribution in [0.4, 0.5) is 9.59 Å². The van der Waals surface area contributed by atoms with E-state index in [1.54, 1.807) is 35.8 Å². The van der Waals surface area contributed by atoms with E-state index < -0.39 is 17.8 Å². The third-order valence-electron chi connectivity index (χ3n) is 12.2. The van der Waals surface area contributed by atoms with Gasteiger partial charge in [0, 0.05) is 65.5 Å². The molecule has 0 fully saturated rings. The lowest BCUT2D eigenvalue weighted by molar-refractivity contribution is 0.0286. The number of carboxylic acid groups (broad SMARTS) is 1. The van der Waals surface area contributed by atoms with Gasteiger partial charge in [0.2, 0.25) is 0 Å². The largest absolute Gasteiger partial charge is 0.465 e. The third kappa shape index (κ3) is 9.13. The molecule has 0 aliphatic rings. The number of fused-ring (bicyclic) bond motifs is 4. The molecule has 0 radical (unpaired) electrons. The summed E-state index contributed by atoms with van der Waals surface area (Å²) in [6.45, 7) is 6.89. The van der Waals surface area contributed by atoms with Crippen molar-refractivity contribution in [1.82, 2.24) is 19.6 Å². The summed E-state index contributed by atoms with van der Waals surface area (Å²) in [4.78, 5) is 59.1. The van der Waals surface area contributed by atoms with Crippen molar-refractivity contribution in [2.24, 2.45) is 0 Å². The molecule has 0 unspecified atom stereocenters. The standard InChI is InChI=1S/C56H54N4O6/c1-56(2,3)66-55(65)60(7)35-51-46-22-14-10-18-42(46)49(43-19-11-15-23-47(43)51)33-58(5)53(62)39-30-26-37(27-31-39)36-24-28-38(29-25-36)52(61)57(4)32-48-40-16-8-12-20-44(40)50(34-59(6)54(63)64)45-21-13-9-17-41(45)48/h8-31H,32-35H2,1-7H3,(H,63,64). The number of benzene rings is 8. The summed E-state index contributed by atoms with van der Waals surface area (Å²) in [6, 6.07) is 47.3. The van der Waals surface area contributed by atoms with Gasteiger partial charge >= 0.3 is 12.2 Å². The molecule has 0 aliphatic carbocycles. The Labute approximate surface area is 385 Å². The lowest BCUT2D eigenvalue weighted by Gasteiger charge is -2.26. The molecule has 10 heteroatoms. The monoisotopic (exact) mass is 878 g/mol. The summed E-state index contributed by atoms with van der Waals surface area (Å²) in [5.41, 5.74) is 6.28. The first kappa shape index (κ1) is 44.9. The fourth-order valence-corrected chi connectivity index (χ4v) is 8.92. The number of nitrogens with zero attached hydrogens (tertiary/aromatic N) is 4. The average Bonchev–Trinajstić information content (AvgIpc) is 3.32. The van der Waals surface area contributed by atoms with Crippen molar-refractivity contribution in [2.45, 2.75) is 52.6 Å². The number of amides is 4. The van der Waals surface area contributed by atoms with Crippen LogP contribution in [-0.2, 0) is 30.9 Å². The van der Waals surface area contributed by atoms with E-state index in [-0.39, 0.29) is 18.4 Å². The maximum atomic E-state index is 14.0. The molecule has 0 atom stereocenters. The van der Waals surface area contributed by atoms with Crippen LogP contribution in [0.15, 0.2) is 146 Å². The molecule has 10 nitrogen and oxygen atoms in total. The Kier molecular flexibility index (Phi) is 12.5. The molecule has 8 rings (SSSR count). The predicted octanol–water partition coefficient (Wildman–Crippen LogP) is 12.0. The Morgan fingerprint density at radius 1 is 0.409 bits per heavy atom. The second kappa shape index (κ2) is 18.4. The summed E-state index contributed by atoms with van der Waals surface area (Å²) in [6.07, 6.45) is -1.39. The highest BCUT2D eigenvalue weighted by Gasteiger charge is 2.24. The molecule has 334 valence electrons. The molecular weight excluding hydrogens is 825 g/mol. The summed E-state index contributed by atoms with van der Waals surface area (Å²) >= 11 is 0. The fourth-order valence-electron chi connectivity index (χ4n) is 8.92. The third-order valence-corrected chi connectivity index (χ3v) is 12.2. The summed E-state index contributed by atoms with van der Waals surface area (Å²) in [5, 5.41) is 17.6. The molecule has 66 heavy (non-hydrogen) atoms. The number of carbonyl (C=O) groups excluding carboxylic acids is 3. The van der Waals surface area contributed by atoms with Crippen LogP contribution in [0.2, 0.25) is 0 Å². The first-order valence-electron chi connectivity index (χ1n) is 22.0. The Morgan fingerprint density at radius 3 is 0.924 bits per heavy atom. The van der Waals surface area contributed by atoms with Crippen LogP contribution in [0.1, 0.15) is 63.7 Å². The van der Waals surface area contributed by atoms with Gasteiger partial charge in [-0.05, 0) is 122 Å². The van der Waals surface area contributed by atoms with E-state index in [9.17, 15) is 24.3 Å². The maximum absolute atomic E-state index is 14.0. The van der Waals surface area contributed by atoms with Gasteiger partial charge in [0.25, 0.3) is 11.8 Å². The van der Waals surface area contributed by atoms with Crippen LogP contribution in [0.25, 0.3) is 54.2 Å². The second-order valence-corrected chi connectivity index (χ2v) is 18.0. The highest BCUT2D eigenvalue weighted by atomic mass is 16.6. The minimum absolute atomic E-state index is 0.116. The first-order chi connectivity index (χ1) is 31.6. The zero-order valence-corrected chi connectivity index (χ0v) is 38.5. The summed E-state index contributed by atoms with van der Waals surface area (Å²) in [7, 11) is 6.93. The quantitative estimate of drug-likeness (QED) is 0.130. The lowest BCUT2D eigenvalue weighted by atomic mass is 9.91. The second-order valence-electron chi connectivity index (χ2n) is 18.0. The van der Waals surface area contributed by atoms with E-state index in [4.69, 9.17) is 4.74 Å². The van der Waals surface area contributed by atoms with Crippen LogP contribution < -0.4 is 0 Å². The van der Waals surface area contributed by atoms with E-state index in [1.165, 1.54) is 4.90 Å². The van der Waals surface area contributed by atoms with E-state index in [2.05, 4.69) is 24.3 Å². The van der Waals surface area contributed by atoms with Crippen LogP contribution in [-0.4, -0.2) is 82.5 Å². The number of carbonyl (C=O) groups is 4. The molecule has 0 spiro atoms. The van der Waals surface area contributed by atoms with E-state index >= 15 is 0 Å². The van der Waals surface area contributed by atoms with Gasteiger partial charge < -0.3 is 29.4 Å². The summed E-state index contributed by atoms with van der Waals surface area (Å²) in [5.74, 6) is -0.244. The molecule has 1 N–H and O–H groups in total. The topological polar surface area (TPSA) is 111 Å². The van der Waals surface area contributed by atoms with Gasteiger partial charge in [-0.15, -0.1) is 0 Å². The van der Waals surface area contributed by atoms with Crippen LogP contribution >= 0.6 is 0 Å². The van der Waals surface area contributed by atoms with Gasteiger partial charge in [-0.1, -0.05) is 121 Å². The molecule has 0 aromatic heterocycles.